The maximum atomic E-state index is 6.29. The van der Waals surface area contributed by atoms with Crippen molar-refractivity contribution in [1.29, 1.82) is 0 Å². The third-order valence-corrected chi connectivity index (χ3v) is 4.91. The van der Waals surface area contributed by atoms with Crippen LogP contribution >= 0.6 is 11.6 Å². The number of hydrogen-bond acceptors (Lipinski definition) is 3. The highest BCUT2D eigenvalue weighted by atomic mass is 35.5. The van der Waals surface area contributed by atoms with Gasteiger partial charge in [-0.3, -0.25) is 0 Å². The Balaban J connectivity index is 1.76. The zero-order chi connectivity index (χ0) is 18.9. The van der Waals surface area contributed by atoms with Gasteiger partial charge in [-0.15, -0.1) is 0 Å². The second kappa shape index (κ2) is 6.91. The largest absolute Gasteiger partial charge is 0.243 e. The maximum absolute atomic E-state index is 6.29. The van der Waals surface area contributed by atoms with Crippen molar-refractivity contribution in [2.45, 2.75) is 0 Å². The van der Waals surface area contributed by atoms with E-state index >= 15 is 0 Å². The lowest BCUT2D eigenvalue weighted by molar-refractivity contribution is 0.926. The SMILES string of the molecule is Clc1ccccc1/C=N/n1c(-c2ccccc2)cc2nc3ccccc3nc21. The highest BCUT2D eigenvalue weighted by molar-refractivity contribution is 6.33. The Kier molecular flexibility index (Phi) is 4.11. The predicted molar refractivity (Wildman–Crippen MR) is 115 cm³/mol. The quantitative estimate of drug-likeness (QED) is 0.371. The van der Waals surface area contributed by atoms with Crippen LogP contribution in [0, 0.1) is 0 Å². The van der Waals surface area contributed by atoms with Gasteiger partial charge >= 0.3 is 0 Å². The maximum Gasteiger partial charge on any atom is 0.180 e. The zero-order valence-corrected chi connectivity index (χ0v) is 15.6. The first-order chi connectivity index (χ1) is 13.8. The van der Waals surface area contributed by atoms with E-state index in [1.54, 1.807) is 6.21 Å². The van der Waals surface area contributed by atoms with Gasteiger partial charge in [0, 0.05) is 16.1 Å². The number of benzene rings is 3. The molecule has 0 aliphatic heterocycles. The number of nitrogens with zero attached hydrogens (tertiary/aromatic N) is 4. The van der Waals surface area contributed by atoms with Crippen LogP contribution in [0.4, 0.5) is 0 Å². The lowest BCUT2D eigenvalue weighted by Crippen LogP contribution is -1.96. The van der Waals surface area contributed by atoms with Crippen LogP contribution in [0.15, 0.2) is 90.0 Å². The first-order valence-electron chi connectivity index (χ1n) is 8.92. The molecule has 0 unspecified atom stereocenters. The van der Waals surface area contributed by atoms with Crippen molar-refractivity contribution in [3.63, 3.8) is 0 Å². The Bertz CT molecular complexity index is 1320. The van der Waals surface area contributed by atoms with E-state index in [4.69, 9.17) is 26.7 Å². The summed E-state index contributed by atoms with van der Waals surface area (Å²) in [6.45, 7) is 0. The summed E-state index contributed by atoms with van der Waals surface area (Å²) < 4.78 is 1.83. The average Bonchev–Trinajstić information content (AvgIpc) is 3.09. The molecule has 3 aromatic carbocycles. The molecule has 0 aliphatic carbocycles. The molecule has 4 nitrogen and oxygen atoms in total. The summed E-state index contributed by atoms with van der Waals surface area (Å²) in [5.74, 6) is 0. The fraction of sp³-hybridized carbons (Fsp3) is 0. The highest BCUT2D eigenvalue weighted by Gasteiger charge is 2.13. The van der Waals surface area contributed by atoms with Gasteiger partial charge in [-0.1, -0.05) is 72.3 Å². The monoisotopic (exact) mass is 382 g/mol. The zero-order valence-electron chi connectivity index (χ0n) is 14.8. The summed E-state index contributed by atoms with van der Waals surface area (Å²) in [5.41, 5.74) is 6.02. The minimum Gasteiger partial charge on any atom is -0.243 e. The Morgan fingerprint density at radius 2 is 1.43 bits per heavy atom. The lowest BCUT2D eigenvalue weighted by Gasteiger charge is -2.05. The summed E-state index contributed by atoms with van der Waals surface area (Å²) in [4.78, 5) is 9.59. The van der Waals surface area contributed by atoms with E-state index in [2.05, 4.69) is 12.1 Å². The molecule has 0 saturated carbocycles. The van der Waals surface area contributed by atoms with Gasteiger partial charge in [0.2, 0.25) is 0 Å². The number of para-hydroxylation sites is 2. The van der Waals surface area contributed by atoms with Gasteiger partial charge in [-0.05, 0) is 24.3 Å². The van der Waals surface area contributed by atoms with Crippen LogP contribution in [0.5, 0.6) is 0 Å². The van der Waals surface area contributed by atoms with E-state index in [-0.39, 0.29) is 0 Å². The molecule has 0 N–H and O–H groups in total. The molecule has 134 valence electrons. The highest BCUT2D eigenvalue weighted by Crippen LogP contribution is 2.28. The molecule has 5 heteroatoms. The third kappa shape index (κ3) is 2.94. The molecule has 2 heterocycles. The van der Waals surface area contributed by atoms with Gasteiger partial charge in [-0.25, -0.2) is 14.6 Å². The van der Waals surface area contributed by atoms with Crippen LogP contribution in [-0.2, 0) is 0 Å². The van der Waals surface area contributed by atoms with E-state index in [1.165, 1.54) is 0 Å². The van der Waals surface area contributed by atoms with E-state index in [0.717, 1.165) is 33.4 Å². The Morgan fingerprint density at radius 3 is 2.21 bits per heavy atom. The van der Waals surface area contributed by atoms with Crippen molar-refractivity contribution in [2.24, 2.45) is 5.10 Å². The smallest absolute Gasteiger partial charge is 0.180 e. The van der Waals surface area contributed by atoms with Crippen LogP contribution in [0.1, 0.15) is 5.56 Å². The Hall–Kier alpha value is -3.50. The Morgan fingerprint density at radius 1 is 0.750 bits per heavy atom. The van der Waals surface area contributed by atoms with Crippen LogP contribution in [0.3, 0.4) is 0 Å². The second-order valence-electron chi connectivity index (χ2n) is 6.39. The number of halogens is 1. The van der Waals surface area contributed by atoms with Crippen molar-refractivity contribution in [2.75, 3.05) is 0 Å². The van der Waals surface area contributed by atoms with E-state index in [1.807, 2.05) is 77.5 Å². The van der Waals surface area contributed by atoms with Gasteiger partial charge in [-0.2, -0.15) is 5.10 Å². The van der Waals surface area contributed by atoms with Gasteiger partial charge in [0.1, 0.15) is 5.52 Å². The van der Waals surface area contributed by atoms with E-state index in [9.17, 15) is 0 Å². The molecule has 0 radical (unpaired) electrons. The number of aromatic nitrogens is 3. The number of fused-ring (bicyclic) bond motifs is 2. The van der Waals surface area contributed by atoms with Gasteiger partial charge in [0.05, 0.1) is 22.9 Å². The summed E-state index contributed by atoms with van der Waals surface area (Å²) in [5, 5.41) is 5.37. The first-order valence-corrected chi connectivity index (χ1v) is 9.30. The van der Waals surface area contributed by atoms with Crippen LogP contribution in [0.2, 0.25) is 5.02 Å². The Labute approximate surface area is 166 Å². The summed E-state index contributed by atoms with van der Waals surface area (Å²) in [6.07, 6.45) is 1.76. The fourth-order valence-corrected chi connectivity index (χ4v) is 3.38. The van der Waals surface area contributed by atoms with Gasteiger partial charge < -0.3 is 0 Å². The molecular formula is C23H15ClN4. The summed E-state index contributed by atoms with van der Waals surface area (Å²) in [7, 11) is 0. The van der Waals surface area contributed by atoms with Crippen LogP contribution < -0.4 is 0 Å². The minimum atomic E-state index is 0.653. The molecular weight excluding hydrogens is 368 g/mol. The molecule has 0 aliphatic rings. The van der Waals surface area contributed by atoms with Crippen LogP contribution in [-0.4, -0.2) is 20.9 Å². The molecule has 0 bridgehead atoms. The molecule has 0 spiro atoms. The number of hydrogen-bond donors (Lipinski definition) is 0. The van der Waals surface area contributed by atoms with Crippen LogP contribution in [0.25, 0.3) is 33.5 Å². The number of rotatable bonds is 3. The second-order valence-corrected chi connectivity index (χ2v) is 6.80. The standard InChI is InChI=1S/C23H15ClN4/c24-18-11-5-4-10-17(18)15-25-28-22(16-8-2-1-3-9-16)14-21-23(28)27-20-13-7-6-12-19(20)26-21/h1-15H/b25-15+. The molecule has 0 saturated heterocycles. The molecule has 0 amide bonds. The summed E-state index contributed by atoms with van der Waals surface area (Å²) >= 11 is 6.29. The summed E-state index contributed by atoms with van der Waals surface area (Å²) in [6, 6.07) is 27.6. The average molecular weight is 383 g/mol. The molecule has 28 heavy (non-hydrogen) atoms. The van der Waals surface area contributed by atoms with Crippen molar-refractivity contribution in [3.05, 3.63) is 95.5 Å². The van der Waals surface area contributed by atoms with Crippen molar-refractivity contribution in [3.8, 4) is 11.3 Å². The van der Waals surface area contributed by atoms with Gasteiger partial charge in [0.15, 0.2) is 5.65 Å². The predicted octanol–water partition coefficient (Wildman–Crippen LogP) is 5.79. The van der Waals surface area contributed by atoms with Crippen molar-refractivity contribution < 1.29 is 0 Å². The minimum absolute atomic E-state index is 0.653. The van der Waals surface area contributed by atoms with Crippen molar-refractivity contribution in [1.82, 2.24) is 14.6 Å². The van der Waals surface area contributed by atoms with Crippen molar-refractivity contribution >= 4 is 40.0 Å². The van der Waals surface area contributed by atoms with Gasteiger partial charge in [0.25, 0.3) is 0 Å². The lowest BCUT2D eigenvalue weighted by atomic mass is 10.1. The fourth-order valence-electron chi connectivity index (χ4n) is 3.19. The normalized spacial score (nSPS) is 11.6. The van der Waals surface area contributed by atoms with E-state index < -0.39 is 0 Å². The third-order valence-electron chi connectivity index (χ3n) is 4.57. The first kappa shape index (κ1) is 16.7. The molecule has 0 fully saturated rings. The molecule has 5 aromatic rings. The molecule has 0 atom stereocenters. The molecule has 5 rings (SSSR count). The topological polar surface area (TPSA) is 43.1 Å². The van der Waals surface area contributed by atoms with E-state index in [0.29, 0.717) is 10.7 Å². The molecule has 2 aromatic heterocycles.